The van der Waals surface area contributed by atoms with E-state index in [0.29, 0.717) is 36.1 Å². The van der Waals surface area contributed by atoms with Crippen molar-refractivity contribution in [2.75, 3.05) is 11.9 Å². The summed E-state index contributed by atoms with van der Waals surface area (Å²) in [5.74, 6) is 2.82. The van der Waals surface area contributed by atoms with Crippen LogP contribution in [0.3, 0.4) is 0 Å². The predicted octanol–water partition coefficient (Wildman–Crippen LogP) is 5.06. The molecule has 3 fully saturated rings. The Morgan fingerprint density at radius 1 is 1.12 bits per heavy atom. The summed E-state index contributed by atoms with van der Waals surface area (Å²) >= 11 is 0. The summed E-state index contributed by atoms with van der Waals surface area (Å²) in [7, 11) is 0. The summed E-state index contributed by atoms with van der Waals surface area (Å²) in [6, 6.07) is 4.05. The fraction of sp³-hybridized carbons (Fsp3) is 0.667. The second-order valence-electron chi connectivity index (χ2n) is 11.1. The van der Waals surface area contributed by atoms with Crippen LogP contribution in [-0.2, 0) is 9.59 Å². The first-order valence-electron chi connectivity index (χ1n) is 12.6. The Balaban J connectivity index is 1.32. The number of amides is 2. The molecule has 1 aromatic heterocycles. The van der Waals surface area contributed by atoms with Crippen LogP contribution in [0.25, 0.3) is 0 Å². The second-order valence-corrected chi connectivity index (χ2v) is 11.1. The maximum absolute atomic E-state index is 12.8. The number of hydrogen-bond acceptors (Lipinski definition) is 3. The third-order valence-electron chi connectivity index (χ3n) is 9.90. The molecule has 0 bridgehead atoms. The Labute approximate surface area is 192 Å². The van der Waals surface area contributed by atoms with Crippen LogP contribution in [0, 0.1) is 34.5 Å². The monoisotopic (exact) mass is 435 g/mol. The lowest BCUT2D eigenvalue weighted by atomic mass is 9.47. The minimum absolute atomic E-state index is 0.0883. The van der Waals surface area contributed by atoms with Crippen LogP contribution in [0.2, 0.25) is 0 Å². The van der Waals surface area contributed by atoms with Crippen molar-refractivity contribution < 1.29 is 9.59 Å². The molecule has 5 nitrogen and oxygen atoms in total. The maximum Gasteiger partial charge on any atom is 0.246 e. The van der Waals surface area contributed by atoms with Gasteiger partial charge >= 0.3 is 0 Å². The molecule has 5 rings (SSSR count). The molecule has 1 N–H and O–H groups in total. The average molecular weight is 436 g/mol. The number of aromatic nitrogens is 1. The normalized spacial score (nSPS) is 40.4. The fourth-order valence-corrected chi connectivity index (χ4v) is 8.29. The number of anilines is 1. The average Bonchev–Trinajstić information content (AvgIpc) is 3.11. The number of likely N-dealkylation sites (N-methyl/N-ethyl adjacent to an activating group) is 1. The number of carbonyl (C=O) groups excluding carboxylic acids is 2. The Morgan fingerprint density at radius 3 is 2.66 bits per heavy atom. The van der Waals surface area contributed by atoms with Gasteiger partial charge in [0, 0.05) is 42.5 Å². The van der Waals surface area contributed by atoms with Crippen LogP contribution in [-0.4, -0.2) is 34.3 Å². The summed E-state index contributed by atoms with van der Waals surface area (Å²) in [5, 5.41) is 3.07. The van der Waals surface area contributed by atoms with Gasteiger partial charge in [-0.1, -0.05) is 19.9 Å². The number of hydrogen-bond donors (Lipinski definition) is 1. The molecule has 4 aliphatic rings. The van der Waals surface area contributed by atoms with Crippen molar-refractivity contribution in [2.24, 2.45) is 34.5 Å². The van der Waals surface area contributed by atoms with Gasteiger partial charge in [-0.25, -0.2) is 0 Å². The number of fused-ring (bicyclic) bond motifs is 5. The third-order valence-corrected chi connectivity index (χ3v) is 9.90. The van der Waals surface area contributed by atoms with Crippen LogP contribution in [0.15, 0.2) is 36.7 Å². The van der Waals surface area contributed by atoms with Gasteiger partial charge in [0.15, 0.2) is 0 Å². The van der Waals surface area contributed by atoms with Crippen LogP contribution in [0.5, 0.6) is 0 Å². The van der Waals surface area contributed by atoms with Crippen LogP contribution in [0.1, 0.15) is 65.7 Å². The number of rotatable bonds is 4. The maximum atomic E-state index is 12.8. The number of nitrogens with one attached hydrogen (secondary N) is 1. The molecule has 0 unspecified atom stereocenters. The van der Waals surface area contributed by atoms with Crippen molar-refractivity contribution in [3.63, 3.8) is 0 Å². The molecule has 3 aliphatic carbocycles. The molecule has 7 atom stereocenters. The van der Waals surface area contributed by atoms with E-state index in [2.05, 4.69) is 42.0 Å². The highest BCUT2D eigenvalue weighted by molar-refractivity contribution is 5.91. The molecule has 32 heavy (non-hydrogen) atoms. The molecule has 172 valence electrons. The van der Waals surface area contributed by atoms with E-state index in [1.165, 1.54) is 25.7 Å². The number of pyridine rings is 1. The van der Waals surface area contributed by atoms with Gasteiger partial charge in [-0.3, -0.25) is 14.6 Å². The molecule has 1 aliphatic heterocycles. The summed E-state index contributed by atoms with van der Waals surface area (Å²) in [4.78, 5) is 31.5. The van der Waals surface area contributed by atoms with Gasteiger partial charge < -0.3 is 10.2 Å². The number of carbonyl (C=O) groups is 2. The Kier molecular flexibility index (Phi) is 5.42. The third kappa shape index (κ3) is 3.31. The van der Waals surface area contributed by atoms with Crippen molar-refractivity contribution in [3.8, 4) is 0 Å². The highest BCUT2D eigenvalue weighted by Crippen LogP contribution is 2.66. The highest BCUT2D eigenvalue weighted by Gasteiger charge is 2.60. The molecule has 2 amide bonds. The van der Waals surface area contributed by atoms with Crippen molar-refractivity contribution in [2.45, 2.75) is 71.8 Å². The Hall–Kier alpha value is -2.17. The molecule has 1 aromatic rings. The van der Waals surface area contributed by atoms with Gasteiger partial charge in [-0.15, -0.1) is 0 Å². The standard InChI is InChI=1S/C27H37N3O2/c1-4-30-23-8-6-20-21-7-5-18(17-24(31)29-19-11-15-28-16-12-19)26(21,2)13-9-22(20)27(23,3)14-10-25(30)32/h10-12,14-16,18,20-23H,4-9,13,17H2,1-3H3,(H,28,29,31)/t18-,20+,21+,22+,23-,26-,27-/m1/s1. The van der Waals surface area contributed by atoms with Crippen LogP contribution < -0.4 is 5.32 Å². The van der Waals surface area contributed by atoms with Crippen LogP contribution >= 0.6 is 0 Å². The first-order chi connectivity index (χ1) is 15.4. The fourth-order valence-electron chi connectivity index (χ4n) is 8.29. The Bertz CT molecular complexity index is 915. The molecule has 0 aromatic carbocycles. The highest BCUT2D eigenvalue weighted by atomic mass is 16.2. The van der Waals surface area contributed by atoms with Crippen molar-refractivity contribution in [1.29, 1.82) is 0 Å². The zero-order valence-corrected chi connectivity index (χ0v) is 19.7. The molecule has 0 saturated heterocycles. The minimum Gasteiger partial charge on any atom is -0.336 e. The van der Waals surface area contributed by atoms with Crippen molar-refractivity contribution in [1.82, 2.24) is 9.88 Å². The first-order valence-corrected chi connectivity index (χ1v) is 12.6. The lowest BCUT2D eigenvalue weighted by Gasteiger charge is -2.60. The molecular weight excluding hydrogens is 398 g/mol. The summed E-state index contributed by atoms with van der Waals surface area (Å²) in [6.45, 7) is 7.80. The van der Waals surface area contributed by atoms with Crippen molar-refractivity contribution >= 4 is 17.5 Å². The Morgan fingerprint density at radius 2 is 1.91 bits per heavy atom. The van der Waals surface area contributed by atoms with Gasteiger partial charge in [0.2, 0.25) is 11.8 Å². The second kappa shape index (κ2) is 8.00. The van der Waals surface area contributed by atoms with Crippen molar-refractivity contribution in [3.05, 3.63) is 36.7 Å². The van der Waals surface area contributed by atoms with E-state index in [0.717, 1.165) is 25.1 Å². The summed E-state index contributed by atoms with van der Waals surface area (Å²) in [5.41, 5.74) is 1.17. The van der Waals surface area contributed by atoms with Gasteiger partial charge in [0.25, 0.3) is 0 Å². The smallest absolute Gasteiger partial charge is 0.246 e. The van der Waals surface area contributed by atoms with Crippen LogP contribution in [0.4, 0.5) is 5.69 Å². The minimum atomic E-state index is 0.0883. The molecule has 0 radical (unpaired) electrons. The van der Waals surface area contributed by atoms with E-state index in [-0.39, 0.29) is 22.6 Å². The zero-order chi connectivity index (χ0) is 22.5. The van der Waals surface area contributed by atoms with E-state index in [1.54, 1.807) is 12.4 Å². The summed E-state index contributed by atoms with van der Waals surface area (Å²) < 4.78 is 0. The molecule has 3 saturated carbocycles. The largest absolute Gasteiger partial charge is 0.336 e. The van der Waals surface area contributed by atoms with E-state index >= 15 is 0 Å². The van der Waals surface area contributed by atoms with E-state index < -0.39 is 0 Å². The SMILES string of the molecule is CCN1C(=O)C=C[C@]2(C)[C@H]3CC[C@]4(C)[C@@H](CC(=O)Nc5ccncc5)CC[C@H]4[C@@H]3CC[C@@H]12. The van der Waals surface area contributed by atoms with Gasteiger partial charge in [0.05, 0.1) is 0 Å². The zero-order valence-electron chi connectivity index (χ0n) is 19.7. The topological polar surface area (TPSA) is 62.3 Å². The summed E-state index contributed by atoms with van der Waals surface area (Å²) in [6.07, 6.45) is 15.3. The molecular formula is C27H37N3O2. The van der Waals surface area contributed by atoms with Gasteiger partial charge in [-0.05, 0) is 92.7 Å². The van der Waals surface area contributed by atoms with E-state index in [9.17, 15) is 9.59 Å². The lowest BCUT2D eigenvalue weighted by molar-refractivity contribution is -0.141. The van der Waals surface area contributed by atoms with Gasteiger partial charge in [-0.2, -0.15) is 0 Å². The van der Waals surface area contributed by atoms with Gasteiger partial charge in [0.1, 0.15) is 0 Å². The molecule has 5 heteroatoms. The molecule has 0 spiro atoms. The number of nitrogens with zero attached hydrogens (tertiary/aromatic N) is 2. The first kappa shape index (κ1) is 21.7. The predicted molar refractivity (Wildman–Crippen MR) is 126 cm³/mol. The lowest BCUT2D eigenvalue weighted by Crippen LogP contribution is -2.60. The van der Waals surface area contributed by atoms with E-state index in [4.69, 9.17) is 0 Å². The quantitative estimate of drug-likeness (QED) is 0.719. The van der Waals surface area contributed by atoms with E-state index in [1.807, 2.05) is 18.2 Å². The molecule has 2 heterocycles.